The Bertz CT molecular complexity index is 1050. The first-order valence-electron chi connectivity index (χ1n) is 8.77. The molecule has 0 saturated heterocycles. The third kappa shape index (κ3) is 4.65. The molecule has 9 nitrogen and oxygen atoms in total. The fourth-order valence-electron chi connectivity index (χ4n) is 2.77. The van der Waals surface area contributed by atoms with Crippen LogP contribution in [0.25, 0.3) is 5.95 Å². The molecule has 1 amide bonds. The zero-order valence-electron chi connectivity index (χ0n) is 16.1. The number of carbonyl (C=O) groups is 1. The molecule has 0 fully saturated rings. The van der Waals surface area contributed by atoms with Crippen LogP contribution in [0.4, 0.5) is 5.13 Å². The highest BCUT2D eigenvalue weighted by Gasteiger charge is 2.16. The first kappa shape index (κ1) is 20.2. The van der Waals surface area contributed by atoms with E-state index in [1.807, 2.05) is 20.8 Å². The molecule has 11 heteroatoms. The van der Waals surface area contributed by atoms with Crippen LogP contribution >= 0.6 is 23.1 Å². The fraction of sp³-hybridized carbons (Fsp3) is 0.412. The van der Waals surface area contributed by atoms with Gasteiger partial charge in [-0.3, -0.25) is 14.6 Å². The second kappa shape index (κ2) is 8.65. The molecule has 0 bridgehead atoms. The topological polar surface area (TPSA) is 118 Å². The van der Waals surface area contributed by atoms with Crippen LogP contribution in [0.2, 0.25) is 0 Å². The first-order chi connectivity index (χ1) is 13.4. The van der Waals surface area contributed by atoms with Crippen molar-refractivity contribution in [3.8, 4) is 5.95 Å². The van der Waals surface area contributed by atoms with E-state index >= 15 is 0 Å². The van der Waals surface area contributed by atoms with Crippen molar-refractivity contribution in [2.24, 2.45) is 0 Å². The molecule has 28 heavy (non-hydrogen) atoms. The lowest BCUT2D eigenvalue weighted by atomic mass is 10.1. The van der Waals surface area contributed by atoms with E-state index in [9.17, 15) is 9.59 Å². The first-order valence-corrected chi connectivity index (χ1v) is 10.6. The maximum Gasteiger partial charge on any atom is 0.252 e. The minimum atomic E-state index is -0.228. The van der Waals surface area contributed by atoms with E-state index < -0.39 is 0 Å². The van der Waals surface area contributed by atoms with Crippen LogP contribution in [-0.4, -0.2) is 41.6 Å². The quantitative estimate of drug-likeness (QED) is 0.446. The van der Waals surface area contributed by atoms with E-state index in [-0.39, 0.29) is 11.5 Å². The number of nitrogens with zero attached hydrogens (tertiary/aromatic N) is 5. The van der Waals surface area contributed by atoms with Gasteiger partial charge in [-0.1, -0.05) is 30.0 Å². The van der Waals surface area contributed by atoms with E-state index in [1.165, 1.54) is 17.4 Å². The predicted octanol–water partition coefficient (Wildman–Crippen LogP) is 2.42. The summed E-state index contributed by atoms with van der Waals surface area (Å²) in [5.74, 6) is 1.15. The summed E-state index contributed by atoms with van der Waals surface area (Å²) in [6, 6.07) is 1.43. The number of hydrogen-bond acceptors (Lipinski definition) is 8. The van der Waals surface area contributed by atoms with Gasteiger partial charge in [0.25, 0.3) is 5.56 Å². The molecule has 0 aliphatic carbocycles. The number of H-pyrrole nitrogens is 1. The summed E-state index contributed by atoms with van der Waals surface area (Å²) in [6.45, 7) is 7.57. The Morgan fingerprint density at radius 3 is 2.82 bits per heavy atom. The molecule has 0 unspecified atom stereocenters. The van der Waals surface area contributed by atoms with Crippen LogP contribution in [-0.2, 0) is 11.2 Å². The molecule has 0 atom stereocenters. The highest BCUT2D eigenvalue weighted by atomic mass is 32.2. The third-order valence-electron chi connectivity index (χ3n) is 4.02. The van der Waals surface area contributed by atoms with Crippen LogP contribution in [0.15, 0.2) is 15.2 Å². The lowest BCUT2D eigenvalue weighted by Crippen LogP contribution is -2.15. The van der Waals surface area contributed by atoms with Crippen molar-refractivity contribution in [2.75, 3.05) is 11.1 Å². The summed E-state index contributed by atoms with van der Waals surface area (Å²) < 4.78 is 2.45. The molecule has 0 spiro atoms. The van der Waals surface area contributed by atoms with Gasteiger partial charge in [0.15, 0.2) is 4.34 Å². The zero-order valence-corrected chi connectivity index (χ0v) is 17.7. The summed E-state index contributed by atoms with van der Waals surface area (Å²) in [4.78, 5) is 31.0. The third-order valence-corrected chi connectivity index (χ3v) is 5.88. The summed E-state index contributed by atoms with van der Waals surface area (Å²) in [6.07, 6.45) is 0.815. The molecule has 0 aromatic carbocycles. The number of aromatic nitrogens is 6. The zero-order chi connectivity index (χ0) is 20.3. The number of anilines is 1. The summed E-state index contributed by atoms with van der Waals surface area (Å²) in [5.41, 5.74) is 2.99. The molecule has 2 N–H and O–H groups in total. The van der Waals surface area contributed by atoms with E-state index in [4.69, 9.17) is 0 Å². The maximum atomic E-state index is 12.3. The van der Waals surface area contributed by atoms with Gasteiger partial charge in [-0.2, -0.15) is 5.10 Å². The minimum Gasteiger partial charge on any atom is -0.300 e. The van der Waals surface area contributed by atoms with Gasteiger partial charge in [0.1, 0.15) is 0 Å². The molecule has 3 rings (SSSR count). The van der Waals surface area contributed by atoms with Crippen molar-refractivity contribution >= 4 is 34.1 Å². The van der Waals surface area contributed by atoms with Crippen LogP contribution in [0, 0.1) is 20.8 Å². The van der Waals surface area contributed by atoms with E-state index in [1.54, 1.807) is 23.4 Å². The van der Waals surface area contributed by atoms with Crippen molar-refractivity contribution in [1.82, 2.24) is 29.9 Å². The Hall–Kier alpha value is -2.53. The van der Waals surface area contributed by atoms with Crippen LogP contribution in [0.5, 0.6) is 0 Å². The van der Waals surface area contributed by atoms with Crippen molar-refractivity contribution in [1.29, 1.82) is 0 Å². The number of amides is 1. The smallest absolute Gasteiger partial charge is 0.252 e. The van der Waals surface area contributed by atoms with Crippen molar-refractivity contribution in [3.63, 3.8) is 0 Å². The summed E-state index contributed by atoms with van der Waals surface area (Å²) in [5, 5.41) is 15.8. The Morgan fingerprint density at radius 2 is 2.11 bits per heavy atom. The molecule has 3 heterocycles. The fourth-order valence-corrected chi connectivity index (χ4v) is 4.43. The lowest BCUT2D eigenvalue weighted by molar-refractivity contribution is -0.116. The van der Waals surface area contributed by atoms with E-state index in [2.05, 4.69) is 30.6 Å². The Balaban J connectivity index is 1.69. The van der Waals surface area contributed by atoms with Gasteiger partial charge < -0.3 is 5.32 Å². The van der Waals surface area contributed by atoms with Gasteiger partial charge in [-0.25, -0.2) is 9.67 Å². The number of aryl methyl sites for hydroxylation is 2. The summed E-state index contributed by atoms with van der Waals surface area (Å²) in [7, 11) is 0. The number of rotatable bonds is 7. The SMILES string of the molecule is CCSc1nnc(NC(=O)CCc2c(C)nn(-c3nc(C)cc(=O)[nH]3)c2C)s1. The van der Waals surface area contributed by atoms with Crippen molar-refractivity contribution in [2.45, 2.75) is 44.9 Å². The van der Waals surface area contributed by atoms with Crippen LogP contribution in [0.1, 0.15) is 36.0 Å². The maximum absolute atomic E-state index is 12.3. The molecule has 0 aliphatic rings. The van der Waals surface area contributed by atoms with E-state index in [0.717, 1.165) is 27.0 Å². The molecule has 0 radical (unpaired) electrons. The molecular weight excluding hydrogens is 398 g/mol. The number of nitrogens with one attached hydrogen (secondary N) is 2. The van der Waals surface area contributed by atoms with Gasteiger partial charge in [0.05, 0.1) is 5.69 Å². The summed E-state index contributed by atoms with van der Waals surface area (Å²) >= 11 is 2.96. The molecule has 3 aromatic rings. The standard InChI is InChI=1S/C17H21N7O2S2/c1-5-27-17-22-21-16(28-17)20-13(25)7-6-12-10(3)23-24(11(12)4)15-18-9(2)8-14(26)19-15/h8H,5-7H2,1-4H3,(H,18,19,26)(H,20,21,25). The molecule has 0 aliphatic heterocycles. The molecule has 0 saturated carbocycles. The number of aromatic amines is 1. The largest absolute Gasteiger partial charge is 0.300 e. The highest BCUT2D eigenvalue weighted by molar-refractivity contribution is 8.01. The lowest BCUT2D eigenvalue weighted by Gasteiger charge is -2.05. The average molecular weight is 420 g/mol. The van der Waals surface area contributed by atoms with Gasteiger partial charge >= 0.3 is 0 Å². The number of thioether (sulfide) groups is 1. The number of hydrogen-bond donors (Lipinski definition) is 2. The van der Waals surface area contributed by atoms with Crippen molar-refractivity contribution < 1.29 is 4.79 Å². The van der Waals surface area contributed by atoms with E-state index in [0.29, 0.717) is 29.6 Å². The second-order valence-corrected chi connectivity index (χ2v) is 8.61. The molecule has 148 valence electrons. The van der Waals surface area contributed by atoms with Crippen molar-refractivity contribution in [3.05, 3.63) is 39.1 Å². The Labute approximate surface area is 170 Å². The van der Waals surface area contributed by atoms with Crippen LogP contribution in [0.3, 0.4) is 0 Å². The Kier molecular flexibility index (Phi) is 6.25. The monoisotopic (exact) mass is 419 g/mol. The van der Waals surface area contributed by atoms with Gasteiger partial charge in [-0.05, 0) is 38.5 Å². The average Bonchev–Trinajstić information content (AvgIpc) is 3.17. The minimum absolute atomic E-state index is 0.127. The number of carbonyl (C=O) groups excluding carboxylic acids is 1. The highest BCUT2D eigenvalue weighted by Crippen LogP contribution is 2.25. The second-order valence-electron chi connectivity index (χ2n) is 6.13. The van der Waals surface area contributed by atoms with Gasteiger partial charge in [0, 0.05) is 23.9 Å². The van der Waals surface area contributed by atoms with Gasteiger partial charge in [-0.15, -0.1) is 10.2 Å². The predicted molar refractivity (Wildman–Crippen MR) is 109 cm³/mol. The van der Waals surface area contributed by atoms with Gasteiger partial charge in [0.2, 0.25) is 17.0 Å². The molecular formula is C17H21N7O2S2. The Morgan fingerprint density at radius 1 is 1.32 bits per heavy atom. The van der Waals surface area contributed by atoms with Crippen LogP contribution < -0.4 is 10.9 Å². The normalized spacial score (nSPS) is 11.0. The molecule has 3 aromatic heterocycles.